The molecule has 0 aliphatic carbocycles. The first-order chi connectivity index (χ1) is 16.8. The van der Waals surface area contributed by atoms with Crippen molar-refractivity contribution in [1.29, 1.82) is 0 Å². The number of aromatic nitrogens is 2. The Morgan fingerprint density at radius 3 is 2.69 bits per heavy atom. The summed E-state index contributed by atoms with van der Waals surface area (Å²) in [6, 6.07) is 15.6. The predicted molar refractivity (Wildman–Crippen MR) is 138 cm³/mol. The zero-order valence-electron chi connectivity index (χ0n) is 20.3. The van der Waals surface area contributed by atoms with Gasteiger partial charge in [0, 0.05) is 41.1 Å². The van der Waals surface area contributed by atoms with Gasteiger partial charge in [0.15, 0.2) is 0 Å². The highest BCUT2D eigenvalue weighted by Crippen LogP contribution is 2.32. The number of nitrogens with zero attached hydrogens (tertiary/aromatic N) is 3. The van der Waals surface area contributed by atoms with Gasteiger partial charge in [-0.05, 0) is 67.8 Å². The van der Waals surface area contributed by atoms with E-state index in [9.17, 15) is 4.79 Å². The Morgan fingerprint density at radius 1 is 1.06 bits per heavy atom. The van der Waals surface area contributed by atoms with Crippen molar-refractivity contribution in [3.05, 3.63) is 87.5 Å². The van der Waals surface area contributed by atoms with Gasteiger partial charge in [0.2, 0.25) is 12.2 Å². The summed E-state index contributed by atoms with van der Waals surface area (Å²) in [6.45, 7) is 5.91. The van der Waals surface area contributed by atoms with E-state index in [1.165, 1.54) is 0 Å². The number of guanidine groups is 1. The van der Waals surface area contributed by atoms with Crippen LogP contribution < -0.4 is 21.1 Å². The Labute approximate surface area is 203 Å². The number of aliphatic imine (C=N–C) groups is 1. The molecule has 178 valence electrons. The Balaban J connectivity index is 1.47. The van der Waals surface area contributed by atoms with E-state index in [-0.39, 0.29) is 5.56 Å². The van der Waals surface area contributed by atoms with E-state index in [0.29, 0.717) is 11.5 Å². The molecule has 2 N–H and O–H groups in total. The van der Waals surface area contributed by atoms with Gasteiger partial charge >= 0.3 is 0 Å². The SMILES string of the molecule is COc1cc(C)ccc1C1N=C(Nc2ccc(C)c(-c3cc4cnc(C)cc4n(C)c3=O)c2)NO1. The molecule has 0 fully saturated rings. The lowest BCUT2D eigenvalue weighted by molar-refractivity contribution is 0.0361. The van der Waals surface area contributed by atoms with Crippen LogP contribution in [0.15, 0.2) is 64.5 Å². The van der Waals surface area contributed by atoms with Gasteiger partial charge < -0.3 is 14.6 Å². The van der Waals surface area contributed by atoms with Crippen molar-refractivity contribution in [3.8, 4) is 16.9 Å². The van der Waals surface area contributed by atoms with Gasteiger partial charge in [-0.3, -0.25) is 9.78 Å². The maximum atomic E-state index is 13.2. The van der Waals surface area contributed by atoms with Gasteiger partial charge in [-0.15, -0.1) is 0 Å². The number of anilines is 1. The zero-order chi connectivity index (χ0) is 24.7. The summed E-state index contributed by atoms with van der Waals surface area (Å²) in [7, 11) is 3.42. The van der Waals surface area contributed by atoms with Crippen LogP contribution in [0.3, 0.4) is 0 Å². The number of hydrogen-bond donors (Lipinski definition) is 2. The molecular weight excluding hydrogens is 442 g/mol. The van der Waals surface area contributed by atoms with Gasteiger partial charge in [-0.25, -0.2) is 15.3 Å². The lowest BCUT2D eigenvalue weighted by Crippen LogP contribution is -2.25. The maximum absolute atomic E-state index is 13.2. The first-order valence-corrected chi connectivity index (χ1v) is 11.3. The number of aryl methyl sites for hydroxylation is 4. The second-order valence-electron chi connectivity index (χ2n) is 8.76. The number of benzene rings is 2. The smallest absolute Gasteiger partial charge is 0.258 e. The van der Waals surface area contributed by atoms with Gasteiger partial charge in [-0.2, -0.15) is 0 Å². The number of pyridine rings is 2. The third-order valence-corrected chi connectivity index (χ3v) is 6.20. The molecule has 0 saturated heterocycles. The molecule has 2 aromatic heterocycles. The number of methoxy groups -OCH3 is 1. The Bertz CT molecular complexity index is 1540. The second-order valence-corrected chi connectivity index (χ2v) is 8.76. The van der Waals surface area contributed by atoms with Gasteiger partial charge in [0.05, 0.1) is 12.6 Å². The lowest BCUT2D eigenvalue weighted by atomic mass is 9.99. The molecule has 0 amide bonds. The minimum absolute atomic E-state index is 0.0606. The predicted octanol–water partition coefficient (Wildman–Crippen LogP) is 4.54. The summed E-state index contributed by atoms with van der Waals surface area (Å²) < 4.78 is 7.17. The highest BCUT2D eigenvalue weighted by Gasteiger charge is 2.23. The molecule has 2 aromatic carbocycles. The normalized spacial score (nSPS) is 15.1. The fourth-order valence-electron chi connectivity index (χ4n) is 4.28. The molecule has 0 saturated carbocycles. The van der Waals surface area contributed by atoms with E-state index in [2.05, 4.69) is 20.8 Å². The van der Waals surface area contributed by atoms with Crippen molar-refractivity contribution in [2.45, 2.75) is 27.0 Å². The van der Waals surface area contributed by atoms with Crippen LogP contribution in [0.25, 0.3) is 22.0 Å². The van der Waals surface area contributed by atoms with Gasteiger partial charge in [0.25, 0.3) is 5.56 Å². The summed E-state index contributed by atoms with van der Waals surface area (Å²) >= 11 is 0. The van der Waals surface area contributed by atoms with Crippen LogP contribution in [0.2, 0.25) is 0 Å². The first kappa shape index (κ1) is 22.6. The zero-order valence-corrected chi connectivity index (χ0v) is 20.3. The molecule has 0 radical (unpaired) electrons. The molecule has 5 rings (SSSR count). The highest BCUT2D eigenvalue weighted by atomic mass is 16.7. The van der Waals surface area contributed by atoms with Crippen LogP contribution in [0.5, 0.6) is 5.75 Å². The molecular formula is C27H27N5O3. The third-order valence-electron chi connectivity index (χ3n) is 6.20. The quantitative estimate of drug-likeness (QED) is 0.456. The molecule has 3 heterocycles. The van der Waals surface area contributed by atoms with Crippen molar-refractivity contribution in [2.75, 3.05) is 12.4 Å². The van der Waals surface area contributed by atoms with Gasteiger partial charge in [-0.1, -0.05) is 18.2 Å². The van der Waals surface area contributed by atoms with E-state index in [1.54, 1.807) is 24.9 Å². The molecule has 1 atom stereocenters. The van der Waals surface area contributed by atoms with E-state index in [1.807, 2.05) is 69.3 Å². The van der Waals surface area contributed by atoms with Crippen LogP contribution in [0.4, 0.5) is 5.69 Å². The molecule has 1 aliphatic rings. The molecule has 8 heteroatoms. The number of fused-ring (bicyclic) bond motifs is 1. The average Bonchev–Trinajstić information content (AvgIpc) is 3.31. The highest BCUT2D eigenvalue weighted by molar-refractivity contribution is 5.95. The monoisotopic (exact) mass is 469 g/mol. The molecule has 8 nitrogen and oxygen atoms in total. The maximum Gasteiger partial charge on any atom is 0.258 e. The van der Waals surface area contributed by atoms with E-state index in [0.717, 1.165) is 50.3 Å². The number of ether oxygens (including phenoxy) is 1. The van der Waals surface area contributed by atoms with Crippen molar-refractivity contribution >= 4 is 22.5 Å². The van der Waals surface area contributed by atoms with Crippen LogP contribution >= 0.6 is 0 Å². The minimum atomic E-state index is -0.540. The molecule has 1 aliphatic heterocycles. The topological polar surface area (TPSA) is 89.8 Å². The average molecular weight is 470 g/mol. The second kappa shape index (κ2) is 8.88. The number of rotatable bonds is 4. The number of hydrogen-bond acceptors (Lipinski definition) is 7. The van der Waals surface area contributed by atoms with Gasteiger partial charge in [0.1, 0.15) is 5.75 Å². The standard InChI is InChI=1S/C27H27N5O3/c1-15-6-9-20(24(10-15)34-5)25-30-27(31-35-25)29-19-8-7-16(2)21(13-19)22-12-18-14-28-17(3)11-23(18)32(4)26(22)33/h6-14,25H,1-5H3,(H2,29,30,31). The molecule has 0 spiro atoms. The summed E-state index contributed by atoms with van der Waals surface area (Å²) in [5.74, 6) is 1.19. The van der Waals surface area contributed by atoms with Crippen LogP contribution in [-0.4, -0.2) is 22.6 Å². The van der Waals surface area contributed by atoms with Crippen molar-refractivity contribution in [3.63, 3.8) is 0 Å². The summed E-state index contributed by atoms with van der Waals surface area (Å²) in [6.07, 6.45) is 1.26. The van der Waals surface area contributed by atoms with Crippen molar-refractivity contribution in [2.24, 2.45) is 12.0 Å². The molecule has 35 heavy (non-hydrogen) atoms. The van der Waals surface area contributed by atoms with Crippen molar-refractivity contribution in [1.82, 2.24) is 15.0 Å². The molecule has 0 bridgehead atoms. The van der Waals surface area contributed by atoms with E-state index < -0.39 is 6.23 Å². The van der Waals surface area contributed by atoms with Crippen LogP contribution in [0, 0.1) is 20.8 Å². The summed E-state index contributed by atoms with van der Waals surface area (Å²) in [4.78, 5) is 27.9. The van der Waals surface area contributed by atoms with E-state index in [4.69, 9.17) is 9.57 Å². The summed E-state index contributed by atoms with van der Waals surface area (Å²) in [5, 5.41) is 4.17. The Kier molecular flexibility index (Phi) is 5.74. The fraction of sp³-hybridized carbons (Fsp3) is 0.222. The largest absolute Gasteiger partial charge is 0.496 e. The van der Waals surface area contributed by atoms with E-state index >= 15 is 0 Å². The van der Waals surface area contributed by atoms with Crippen molar-refractivity contribution < 1.29 is 9.57 Å². The Morgan fingerprint density at radius 2 is 1.89 bits per heavy atom. The molecule has 1 unspecified atom stereocenters. The third kappa shape index (κ3) is 4.24. The Hall–Kier alpha value is -4.17. The summed E-state index contributed by atoms with van der Waals surface area (Å²) in [5.41, 5.74) is 9.68. The number of hydroxylamine groups is 1. The minimum Gasteiger partial charge on any atom is -0.496 e. The van der Waals surface area contributed by atoms with Crippen LogP contribution in [-0.2, 0) is 11.9 Å². The lowest BCUT2D eigenvalue weighted by Gasteiger charge is -2.13. The first-order valence-electron chi connectivity index (χ1n) is 11.3. The fourth-order valence-corrected chi connectivity index (χ4v) is 4.28. The molecule has 4 aromatic rings. The van der Waals surface area contributed by atoms with Crippen LogP contribution in [0.1, 0.15) is 28.6 Å². The number of nitrogens with one attached hydrogen (secondary N) is 2.